The van der Waals surface area contributed by atoms with E-state index in [1.54, 1.807) is 25.1 Å². The Kier molecular flexibility index (Phi) is 3.95. The van der Waals surface area contributed by atoms with E-state index in [4.69, 9.17) is 19.7 Å². The molecule has 0 unspecified atom stereocenters. The molecular weight excluding hydrogens is 312 g/mol. The maximum Gasteiger partial charge on any atom is 0.276 e. The summed E-state index contributed by atoms with van der Waals surface area (Å²) in [5.74, 6) is 1.23. The minimum atomic E-state index is -0.458. The van der Waals surface area contributed by atoms with E-state index in [2.05, 4.69) is 15.5 Å². The van der Waals surface area contributed by atoms with Gasteiger partial charge in [0, 0.05) is 29.4 Å². The smallest absolute Gasteiger partial charge is 0.276 e. The highest BCUT2D eigenvalue weighted by Crippen LogP contribution is 2.40. The summed E-state index contributed by atoms with van der Waals surface area (Å²) in [6, 6.07) is 4.96. The van der Waals surface area contributed by atoms with Crippen LogP contribution in [0.1, 0.15) is 16.2 Å². The van der Waals surface area contributed by atoms with Crippen LogP contribution in [0, 0.1) is 6.92 Å². The molecule has 0 aliphatic rings. The molecule has 3 aromatic rings. The summed E-state index contributed by atoms with van der Waals surface area (Å²) < 4.78 is 15.6. The number of nitrogens with two attached hydrogens (primary N) is 1. The largest absolute Gasteiger partial charge is 0.493 e. The molecule has 0 aliphatic carbocycles. The van der Waals surface area contributed by atoms with E-state index in [0.717, 1.165) is 0 Å². The van der Waals surface area contributed by atoms with Crippen LogP contribution >= 0.6 is 0 Å². The van der Waals surface area contributed by atoms with Gasteiger partial charge in [0.05, 0.1) is 19.6 Å². The Morgan fingerprint density at radius 2 is 2.08 bits per heavy atom. The number of amides is 1. The van der Waals surface area contributed by atoms with Gasteiger partial charge in [-0.1, -0.05) is 5.16 Å². The van der Waals surface area contributed by atoms with E-state index in [0.29, 0.717) is 39.5 Å². The molecule has 1 aromatic carbocycles. The minimum absolute atomic E-state index is 0.149. The average molecular weight is 328 g/mol. The first kappa shape index (κ1) is 15.6. The Hall–Kier alpha value is -3.29. The Morgan fingerprint density at radius 1 is 1.29 bits per heavy atom. The molecule has 2 aromatic heterocycles. The van der Waals surface area contributed by atoms with Gasteiger partial charge >= 0.3 is 0 Å². The molecule has 0 aliphatic heterocycles. The van der Waals surface area contributed by atoms with Gasteiger partial charge in [0.2, 0.25) is 0 Å². The van der Waals surface area contributed by atoms with E-state index in [1.807, 2.05) is 0 Å². The molecule has 8 heteroatoms. The molecule has 0 atom stereocenters. The van der Waals surface area contributed by atoms with Crippen LogP contribution in [0.3, 0.4) is 0 Å². The number of nitrogens with one attached hydrogen (secondary N) is 1. The quantitative estimate of drug-likeness (QED) is 0.707. The standard InChI is InChI=1S/C16H16N4O4/c1-8-6-12(20-24-8)19-16(21)14-13-9(4-5-18-14)10(17)7-11(22-2)15(13)23-3/h4-7H,17H2,1-3H3,(H,19,20,21). The van der Waals surface area contributed by atoms with Crippen LogP contribution in [-0.4, -0.2) is 30.3 Å². The number of fused-ring (bicyclic) bond motifs is 1. The first-order chi connectivity index (χ1) is 11.5. The molecule has 8 nitrogen and oxygen atoms in total. The van der Waals surface area contributed by atoms with E-state index in [9.17, 15) is 4.79 Å². The third-order valence-corrected chi connectivity index (χ3v) is 3.51. The highest BCUT2D eigenvalue weighted by Gasteiger charge is 2.21. The van der Waals surface area contributed by atoms with Crippen molar-refractivity contribution in [3.05, 3.63) is 35.9 Å². The zero-order chi connectivity index (χ0) is 17.3. The number of pyridine rings is 1. The van der Waals surface area contributed by atoms with Crippen molar-refractivity contribution in [2.24, 2.45) is 0 Å². The van der Waals surface area contributed by atoms with Gasteiger partial charge in [-0.05, 0) is 13.0 Å². The molecule has 1 amide bonds. The van der Waals surface area contributed by atoms with Crippen LogP contribution in [0.5, 0.6) is 11.5 Å². The Labute approximate surface area is 137 Å². The van der Waals surface area contributed by atoms with Crippen LogP contribution < -0.4 is 20.5 Å². The summed E-state index contributed by atoms with van der Waals surface area (Å²) in [4.78, 5) is 16.8. The van der Waals surface area contributed by atoms with Gasteiger partial charge in [-0.3, -0.25) is 9.78 Å². The number of anilines is 2. The molecule has 24 heavy (non-hydrogen) atoms. The summed E-state index contributed by atoms with van der Waals surface area (Å²) in [7, 11) is 2.99. The number of methoxy groups -OCH3 is 2. The molecule has 0 radical (unpaired) electrons. The number of carbonyl (C=O) groups is 1. The minimum Gasteiger partial charge on any atom is -0.493 e. The molecule has 124 valence electrons. The summed E-state index contributed by atoms with van der Waals surface area (Å²) in [6.07, 6.45) is 1.51. The lowest BCUT2D eigenvalue weighted by Gasteiger charge is -2.14. The lowest BCUT2D eigenvalue weighted by molar-refractivity contribution is 0.102. The van der Waals surface area contributed by atoms with Crippen molar-refractivity contribution in [1.82, 2.24) is 10.1 Å². The number of ether oxygens (including phenoxy) is 2. The molecule has 3 rings (SSSR count). The van der Waals surface area contributed by atoms with Crippen LogP contribution in [0.4, 0.5) is 11.5 Å². The topological polar surface area (TPSA) is 113 Å². The molecule has 0 saturated carbocycles. The predicted molar refractivity (Wildman–Crippen MR) is 88.5 cm³/mol. The predicted octanol–water partition coefficient (Wildman–Crippen LogP) is 2.38. The summed E-state index contributed by atoms with van der Waals surface area (Å²) >= 11 is 0. The second-order valence-electron chi connectivity index (χ2n) is 5.06. The SMILES string of the molecule is COc1cc(N)c2ccnc(C(=O)Nc3cc(C)on3)c2c1OC. The van der Waals surface area contributed by atoms with Crippen LogP contribution in [0.2, 0.25) is 0 Å². The lowest BCUT2D eigenvalue weighted by Crippen LogP contribution is -2.15. The number of nitrogens with zero attached hydrogens (tertiary/aromatic N) is 2. The van der Waals surface area contributed by atoms with Crippen molar-refractivity contribution in [2.45, 2.75) is 6.92 Å². The molecule has 0 bridgehead atoms. The third kappa shape index (κ3) is 2.58. The lowest BCUT2D eigenvalue weighted by atomic mass is 10.1. The van der Waals surface area contributed by atoms with Gasteiger partial charge in [-0.2, -0.15) is 0 Å². The van der Waals surface area contributed by atoms with Crippen molar-refractivity contribution in [1.29, 1.82) is 0 Å². The highest BCUT2D eigenvalue weighted by atomic mass is 16.5. The van der Waals surface area contributed by atoms with Gasteiger partial charge in [-0.15, -0.1) is 0 Å². The van der Waals surface area contributed by atoms with E-state index >= 15 is 0 Å². The normalized spacial score (nSPS) is 10.6. The number of hydrogen-bond donors (Lipinski definition) is 2. The van der Waals surface area contributed by atoms with Crippen LogP contribution in [-0.2, 0) is 0 Å². The molecule has 2 heterocycles. The Bertz CT molecular complexity index is 920. The summed E-state index contributed by atoms with van der Waals surface area (Å²) in [6.45, 7) is 1.73. The second kappa shape index (κ2) is 6.07. The molecule has 0 spiro atoms. The van der Waals surface area contributed by atoms with Crippen LogP contribution in [0.25, 0.3) is 10.8 Å². The molecular formula is C16H16N4O4. The zero-order valence-electron chi connectivity index (χ0n) is 13.4. The maximum atomic E-state index is 12.6. The van der Waals surface area contributed by atoms with Gasteiger partial charge in [0.15, 0.2) is 17.3 Å². The number of benzene rings is 1. The van der Waals surface area contributed by atoms with Crippen molar-refractivity contribution < 1.29 is 18.8 Å². The highest BCUT2D eigenvalue weighted by molar-refractivity contribution is 6.15. The maximum absolute atomic E-state index is 12.6. The fourth-order valence-electron chi connectivity index (χ4n) is 2.47. The van der Waals surface area contributed by atoms with Crippen molar-refractivity contribution in [3.8, 4) is 11.5 Å². The molecule has 0 fully saturated rings. The van der Waals surface area contributed by atoms with E-state index in [-0.39, 0.29) is 5.69 Å². The van der Waals surface area contributed by atoms with Crippen molar-refractivity contribution in [2.75, 3.05) is 25.3 Å². The third-order valence-electron chi connectivity index (χ3n) is 3.51. The Morgan fingerprint density at radius 3 is 2.71 bits per heavy atom. The van der Waals surface area contributed by atoms with Crippen molar-refractivity contribution >= 4 is 28.2 Å². The zero-order valence-corrected chi connectivity index (χ0v) is 13.4. The van der Waals surface area contributed by atoms with Gasteiger partial charge in [0.25, 0.3) is 5.91 Å². The van der Waals surface area contributed by atoms with E-state index < -0.39 is 5.91 Å². The number of nitrogen functional groups attached to an aromatic ring is 1. The number of aryl methyl sites for hydroxylation is 1. The molecule has 3 N–H and O–H groups in total. The van der Waals surface area contributed by atoms with Gasteiger partial charge < -0.3 is 25.0 Å². The first-order valence-corrected chi connectivity index (χ1v) is 7.09. The number of aromatic nitrogens is 2. The fraction of sp³-hybridized carbons (Fsp3) is 0.188. The number of rotatable bonds is 4. The van der Waals surface area contributed by atoms with Gasteiger partial charge in [0.1, 0.15) is 11.5 Å². The molecule has 0 saturated heterocycles. The average Bonchev–Trinajstić information content (AvgIpc) is 2.99. The van der Waals surface area contributed by atoms with Gasteiger partial charge in [-0.25, -0.2) is 0 Å². The fourth-order valence-corrected chi connectivity index (χ4v) is 2.47. The Balaban J connectivity index is 2.16. The number of carbonyl (C=O) groups excluding carboxylic acids is 1. The summed E-state index contributed by atoms with van der Waals surface area (Å²) in [5, 5.41) is 7.49. The monoisotopic (exact) mass is 328 g/mol. The first-order valence-electron chi connectivity index (χ1n) is 7.09. The van der Waals surface area contributed by atoms with Crippen LogP contribution in [0.15, 0.2) is 28.9 Å². The van der Waals surface area contributed by atoms with Crippen molar-refractivity contribution in [3.63, 3.8) is 0 Å². The second-order valence-corrected chi connectivity index (χ2v) is 5.06. The summed E-state index contributed by atoms with van der Waals surface area (Å²) in [5.41, 5.74) is 6.66. The van der Waals surface area contributed by atoms with E-state index in [1.165, 1.54) is 20.4 Å². The number of hydrogen-bond acceptors (Lipinski definition) is 7.